The third kappa shape index (κ3) is 5.63. The summed E-state index contributed by atoms with van der Waals surface area (Å²) in [6.45, 7) is 11.8. The van der Waals surface area contributed by atoms with Crippen molar-refractivity contribution in [3.63, 3.8) is 0 Å². The molecule has 4 rings (SSSR count). The van der Waals surface area contributed by atoms with Gasteiger partial charge in [-0.2, -0.15) is 9.29 Å². The van der Waals surface area contributed by atoms with Crippen LogP contribution in [0.2, 0.25) is 0 Å². The van der Waals surface area contributed by atoms with Crippen molar-refractivity contribution in [2.45, 2.75) is 44.9 Å². The van der Waals surface area contributed by atoms with Gasteiger partial charge < -0.3 is 15.0 Å². The molecule has 0 amide bonds. The van der Waals surface area contributed by atoms with Crippen LogP contribution in [0.25, 0.3) is 0 Å². The van der Waals surface area contributed by atoms with Gasteiger partial charge in [0.2, 0.25) is 16.0 Å². The van der Waals surface area contributed by atoms with Gasteiger partial charge >= 0.3 is 0 Å². The second kappa shape index (κ2) is 10.1. The smallest absolute Gasteiger partial charge is 0.246 e. The van der Waals surface area contributed by atoms with Gasteiger partial charge in [0.1, 0.15) is 16.5 Å². The fraction of sp³-hybridized carbons (Fsp3) is 0.407. The number of hydrogen-bond donors (Lipinski definition) is 1. The van der Waals surface area contributed by atoms with E-state index >= 15 is 0 Å². The van der Waals surface area contributed by atoms with E-state index in [1.54, 1.807) is 12.1 Å². The topological polar surface area (TPSA) is 87.7 Å². The number of hydrogen-bond acceptors (Lipinski definition) is 7. The number of nitrogens with zero attached hydrogens (tertiary/aromatic N) is 4. The Bertz CT molecular complexity index is 1330. The summed E-state index contributed by atoms with van der Waals surface area (Å²) in [5.74, 6) is 1.66. The second-order valence-electron chi connectivity index (χ2n) is 10.2. The Balaban J connectivity index is 1.51. The summed E-state index contributed by atoms with van der Waals surface area (Å²) < 4.78 is 34.2. The molecule has 2 heterocycles. The minimum Gasteiger partial charge on any atom is -0.495 e. The van der Waals surface area contributed by atoms with Crippen molar-refractivity contribution in [1.82, 2.24) is 14.3 Å². The standard InChI is InChI=1S/C27H35N5O3S/c1-19-7-10-22(11-8-19)29-25-17-20(2)28-26(30-25)31-13-15-32(16-14-31)36(33,34)24-18-21(27(3,4)5)9-12-23(24)35-6/h7-12,17-18H,13-16H2,1-6H3,(H,28,29,30). The molecular formula is C27H35N5O3S. The first kappa shape index (κ1) is 25.9. The predicted octanol–water partition coefficient (Wildman–Crippen LogP) is 4.65. The number of aromatic nitrogens is 2. The highest BCUT2D eigenvalue weighted by Crippen LogP contribution is 2.33. The van der Waals surface area contributed by atoms with Crippen molar-refractivity contribution in [3.05, 3.63) is 65.4 Å². The van der Waals surface area contributed by atoms with Gasteiger partial charge in [0.25, 0.3) is 0 Å². The maximum absolute atomic E-state index is 13.6. The Morgan fingerprint density at radius 3 is 2.19 bits per heavy atom. The van der Waals surface area contributed by atoms with Crippen molar-refractivity contribution in [3.8, 4) is 5.75 Å². The monoisotopic (exact) mass is 509 g/mol. The number of piperazine rings is 1. The number of sulfonamides is 1. The highest BCUT2D eigenvalue weighted by Gasteiger charge is 2.32. The molecular weight excluding hydrogens is 474 g/mol. The summed E-state index contributed by atoms with van der Waals surface area (Å²) in [5, 5.41) is 3.34. The Labute approximate surface area is 214 Å². The Morgan fingerprint density at radius 2 is 1.58 bits per heavy atom. The lowest BCUT2D eigenvalue weighted by molar-refractivity contribution is 0.372. The largest absolute Gasteiger partial charge is 0.495 e. The van der Waals surface area contributed by atoms with Gasteiger partial charge in [0.05, 0.1) is 7.11 Å². The van der Waals surface area contributed by atoms with Crippen LogP contribution in [0.5, 0.6) is 5.75 Å². The minimum absolute atomic E-state index is 0.179. The lowest BCUT2D eigenvalue weighted by atomic mass is 9.87. The van der Waals surface area contributed by atoms with E-state index in [2.05, 4.69) is 31.1 Å². The van der Waals surface area contributed by atoms with E-state index < -0.39 is 10.0 Å². The SMILES string of the molecule is COc1ccc(C(C)(C)C)cc1S(=O)(=O)N1CCN(c2nc(C)cc(Nc3ccc(C)cc3)n2)CC1. The van der Waals surface area contributed by atoms with E-state index in [0.717, 1.165) is 16.9 Å². The third-order valence-corrected chi connectivity index (χ3v) is 8.26. The molecule has 0 saturated carbocycles. The molecule has 0 atom stereocenters. The van der Waals surface area contributed by atoms with Gasteiger partial charge in [-0.05, 0) is 49.1 Å². The van der Waals surface area contributed by atoms with Crippen LogP contribution in [0, 0.1) is 13.8 Å². The van der Waals surface area contributed by atoms with Crippen LogP contribution in [0.3, 0.4) is 0 Å². The number of methoxy groups -OCH3 is 1. The summed E-state index contributed by atoms with van der Waals surface area (Å²) in [6.07, 6.45) is 0. The first-order chi connectivity index (χ1) is 17.0. The molecule has 2 aromatic carbocycles. The number of nitrogens with one attached hydrogen (secondary N) is 1. The highest BCUT2D eigenvalue weighted by molar-refractivity contribution is 7.89. The van der Waals surface area contributed by atoms with Crippen molar-refractivity contribution in [2.75, 3.05) is 43.5 Å². The average Bonchev–Trinajstić information content (AvgIpc) is 2.84. The molecule has 1 fully saturated rings. The van der Waals surface area contributed by atoms with Crippen LogP contribution in [-0.2, 0) is 15.4 Å². The fourth-order valence-electron chi connectivity index (χ4n) is 4.16. The van der Waals surface area contributed by atoms with E-state index in [4.69, 9.17) is 9.72 Å². The molecule has 9 heteroatoms. The molecule has 0 bridgehead atoms. The van der Waals surface area contributed by atoms with Gasteiger partial charge in [-0.25, -0.2) is 13.4 Å². The van der Waals surface area contributed by atoms with Crippen LogP contribution >= 0.6 is 0 Å². The molecule has 1 N–H and O–H groups in total. The number of ether oxygens (including phenoxy) is 1. The zero-order chi connectivity index (χ0) is 26.1. The lowest BCUT2D eigenvalue weighted by Crippen LogP contribution is -2.49. The summed E-state index contributed by atoms with van der Waals surface area (Å²) in [4.78, 5) is 11.6. The predicted molar refractivity (Wildman–Crippen MR) is 144 cm³/mol. The molecule has 0 spiro atoms. The molecule has 0 unspecified atom stereocenters. The Hall–Kier alpha value is -3.17. The van der Waals surface area contributed by atoms with Crippen LogP contribution in [0.4, 0.5) is 17.5 Å². The molecule has 1 aliphatic rings. The van der Waals surface area contributed by atoms with E-state index in [1.807, 2.05) is 55.1 Å². The molecule has 0 aliphatic carbocycles. The zero-order valence-corrected chi connectivity index (χ0v) is 22.7. The highest BCUT2D eigenvalue weighted by atomic mass is 32.2. The molecule has 0 radical (unpaired) electrons. The number of rotatable bonds is 6. The maximum Gasteiger partial charge on any atom is 0.246 e. The zero-order valence-electron chi connectivity index (χ0n) is 21.9. The molecule has 1 aromatic heterocycles. The number of aryl methyl sites for hydroxylation is 2. The van der Waals surface area contributed by atoms with Gasteiger partial charge in [0, 0.05) is 43.6 Å². The Morgan fingerprint density at radius 1 is 0.917 bits per heavy atom. The second-order valence-corrected chi connectivity index (χ2v) is 12.1. The van der Waals surface area contributed by atoms with Crippen molar-refractivity contribution >= 4 is 27.5 Å². The molecule has 1 saturated heterocycles. The minimum atomic E-state index is -3.73. The van der Waals surface area contributed by atoms with E-state index in [1.165, 1.54) is 17.0 Å². The fourth-order valence-corrected chi connectivity index (χ4v) is 5.76. The summed E-state index contributed by atoms with van der Waals surface area (Å²) in [7, 11) is -2.22. The van der Waals surface area contributed by atoms with E-state index in [-0.39, 0.29) is 10.3 Å². The van der Waals surface area contributed by atoms with Gasteiger partial charge in [0.15, 0.2) is 0 Å². The normalized spacial score (nSPS) is 15.1. The van der Waals surface area contributed by atoms with Crippen molar-refractivity contribution in [2.24, 2.45) is 0 Å². The summed E-state index contributed by atoms with van der Waals surface area (Å²) in [6, 6.07) is 15.4. The number of anilines is 3. The first-order valence-corrected chi connectivity index (χ1v) is 13.5. The van der Waals surface area contributed by atoms with Crippen LogP contribution in [0.15, 0.2) is 53.4 Å². The molecule has 8 nitrogen and oxygen atoms in total. The molecule has 3 aromatic rings. The van der Waals surface area contributed by atoms with Gasteiger partial charge in [-0.1, -0.05) is 44.5 Å². The molecule has 36 heavy (non-hydrogen) atoms. The average molecular weight is 510 g/mol. The molecule has 1 aliphatic heterocycles. The Kier molecular flexibility index (Phi) is 7.24. The number of benzene rings is 2. The summed E-state index contributed by atoms with van der Waals surface area (Å²) >= 11 is 0. The maximum atomic E-state index is 13.6. The van der Waals surface area contributed by atoms with Crippen molar-refractivity contribution in [1.29, 1.82) is 0 Å². The lowest BCUT2D eigenvalue weighted by Gasteiger charge is -2.34. The third-order valence-electron chi connectivity index (χ3n) is 6.34. The van der Waals surface area contributed by atoms with Crippen LogP contribution in [0.1, 0.15) is 37.6 Å². The van der Waals surface area contributed by atoms with Crippen molar-refractivity contribution < 1.29 is 13.2 Å². The van der Waals surface area contributed by atoms with E-state index in [0.29, 0.717) is 43.7 Å². The quantitative estimate of drug-likeness (QED) is 0.517. The van der Waals surface area contributed by atoms with E-state index in [9.17, 15) is 8.42 Å². The van der Waals surface area contributed by atoms with Gasteiger partial charge in [-0.3, -0.25) is 0 Å². The first-order valence-electron chi connectivity index (χ1n) is 12.1. The molecule has 192 valence electrons. The van der Waals surface area contributed by atoms with Crippen LogP contribution in [-0.4, -0.2) is 56.0 Å². The van der Waals surface area contributed by atoms with Crippen LogP contribution < -0.4 is 15.0 Å². The summed E-state index contributed by atoms with van der Waals surface area (Å²) in [5.41, 5.74) is 3.75. The van der Waals surface area contributed by atoms with Gasteiger partial charge in [-0.15, -0.1) is 0 Å².